The molecule has 0 saturated heterocycles. The number of aromatic nitrogens is 4. The summed E-state index contributed by atoms with van der Waals surface area (Å²) in [4.78, 5) is 7.96. The third kappa shape index (κ3) is 2.74. The van der Waals surface area contributed by atoms with Crippen LogP contribution in [0.25, 0.3) is 22.2 Å². The lowest BCUT2D eigenvalue weighted by Crippen LogP contribution is -2.29. The first-order valence-corrected chi connectivity index (χ1v) is 8.98. The van der Waals surface area contributed by atoms with Crippen molar-refractivity contribution in [2.24, 2.45) is 18.4 Å². The minimum atomic E-state index is 0.442. The zero-order chi connectivity index (χ0) is 16.7. The highest BCUT2D eigenvalue weighted by molar-refractivity contribution is 5.93. The van der Waals surface area contributed by atoms with Gasteiger partial charge in [0.05, 0.1) is 6.20 Å². The number of nitrogens with one attached hydrogen (secondary N) is 1. The van der Waals surface area contributed by atoms with Crippen LogP contribution in [0.4, 0.5) is 0 Å². The van der Waals surface area contributed by atoms with E-state index in [2.05, 4.69) is 47.4 Å². The van der Waals surface area contributed by atoms with E-state index >= 15 is 0 Å². The maximum absolute atomic E-state index is 4.66. The Hall–Kier alpha value is -2.10. The van der Waals surface area contributed by atoms with Crippen LogP contribution in [0.1, 0.15) is 45.1 Å². The van der Waals surface area contributed by atoms with Gasteiger partial charge in [-0.1, -0.05) is 26.7 Å². The Morgan fingerprint density at radius 2 is 2.17 bits per heavy atom. The first kappa shape index (κ1) is 15.4. The minimum Gasteiger partial charge on any atom is -0.346 e. The highest BCUT2D eigenvalue weighted by atomic mass is 15.2. The number of pyridine rings is 1. The van der Waals surface area contributed by atoms with Gasteiger partial charge in [-0.3, -0.25) is 4.68 Å². The van der Waals surface area contributed by atoms with Crippen LogP contribution < -0.4 is 0 Å². The Balaban J connectivity index is 1.67. The number of nitrogens with zero attached hydrogens (tertiary/aromatic N) is 3. The molecule has 0 spiro atoms. The van der Waals surface area contributed by atoms with Crippen molar-refractivity contribution >= 4 is 11.0 Å². The van der Waals surface area contributed by atoms with E-state index in [0.29, 0.717) is 5.41 Å². The normalized spacial score (nSPS) is 20.5. The number of fused-ring (bicyclic) bond motifs is 1. The summed E-state index contributed by atoms with van der Waals surface area (Å²) in [5.41, 5.74) is 5.08. The van der Waals surface area contributed by atoms with Gasteiger partial charge in [-0.15, -0.1) is 0 Å². The molecule has 0 aromatic carbocycles. The Labute approximate surface area is 143 Å². The first-order chi connectivity index (χ1) is 11.5. The first-order valence-electron chi connectivity index (χ1n) is 8.98. The molecule has 1 aliphatic carbocycles. The van der Waals surface area contributed by atoms with Crippen molar-refractivity contribution in [1.29, 1.82) is 0 Å². The maximum Gasteiger partial charge on any atom is 0.137 e. The van der Waals surface area contributed by atoms with E-state index < -0.39 is 0 Å². The van der Waals surface area contributed by atoms with Crippen molar-refractivity contribution in [2.75, 3.05) is 0 Å². The largest absolute Gasteiger partial charge is 0.346 e. The van der Waals surface area contributed by atoms with E-state index in [1.165, 1.54) is 42.2 Å². The molecular weight excluding hydrogens is 296 g/mol. The summed E-state index contributed by atoms with van der Waals surface area (Å²) in [5, 5.41) is 5.50. The van der Waals surface area contributed by atoms with Gasteiger partial charge in [-0.25, -0.2) is 4.98 Å². The molecular formula is C20H26N4. The molecule has 1 fully saturated rings. The number of H-pyrrole nitrogens is 1. The lowest BCUT2D eigenvalue weighted by molar-refractivity contribution is 0.137. The van der Waals surface area contributed by atoms with Crippen molar-refractivity contribution in [1.82, 2.24) is 19.7 Å². The van der Waals surface area contributed by atoms with E-state index in [4.69, 9.17) is 0 Å². The number of rotatable bonds is 3. The fourth-order valence-electron chi connectivity index (χ4n) is 4.19. The smallest absolute Gasteiger partial charge is 0.137 e. The lowest BCUT2D eigenvalue weighted by atomic mass is 9.67. The van der Waals surface area contributed by atoms with Crippen molar-refractivity contribution in [3.8, 4) is 11.1 Å². The number of hydrogen-bond acceptors (Lipinski definition) is 2. The predicted molar refractivity (Wildman–Crippen MR) is 97.7 cm³/mol. The van der Waals surface area contributed by atoms with Crippen LogP contribution in [0.15, 0.2) is 30.9 Å². The monoisotopic (exact) mass is 322 g/mol. The zero-order valence-corrected chi connectivity index (χ0v) is 14.8. The Bertz CT molecular complexity index is 856. The molecule has 0 radical (unpaired) electrons. The molecule has 0 aliphatic heterocycles. The molecule has 3 heterocycles. The molecule has 1 N–H and O–H groups in total. The molecule has 1 saturated carbocycles. The highest BCUT2D eigenvalue weighted by Gasteiger charge is 2.32. The van der Waals surface area contributed by atoms with Crippen molar-refractivity contribution in [3.63, 3.8) is 0 Å². The third-order valence-corrected chi connectivity index (χ3v) is 5.81. The summed E-state index contributed by atoms with van der Waals surface area (Å²) in [7, 11) is 1.95. The average molecular weight is 322 g/mol. The van der Waals surface area contributed by atoms with Gasteiger partial charge in [0.2, 0.25) is 0 Å². The van der Waals surface area contributed by atoms with Crippen molar-refractivity contribution < 1.29 is 0 Å². The van der Waals surface area contributed by atoms with Crippen LogP contribution in [-0.2, 0) is 13.5 Å². The molecule has 3 aromatic heterocycles. The third-order valence-electron chi connectivity index (χ3n) is 5.81. The molecule has 1 unspecified atom stereocenters. The van der Waals surface area contributed by atoms with Crippen molar-refractivity contribution in [3.05, 3.63) is 36.4 Å². The van der Waals surface area contributed by atoms with Crippen LogP contribution in [-0.4, -0.2) is 19.7 Å². The summed E-state index contributed by atoms with van der Waals surface area (Å²) < 4.78 is 1.84. The van der Waals surface area contributed by atoms with Gasteiger partial charge < -0.3 is 4.98 Å². The van der Waals surface area contributed by atoms with Gasteiger partial charge in [0.1, 0.15) is 5.65 Å². The molecule has 1 atom stereocenters. The second-order valence-corrected chi connectivity index (χ2v) is 7.98. The van der Waals surface area contributed by atoms with Crippen LogP contribution in [0.2, 0.25) is 0 Å². The Morgan fingerprint density at radius 3 is 2.92 bits per heavy atom. The summed E-state index contributed by atoms with van der Waals surface area (Å²) in [6, 6.07) is 2.33. The van der Waals surface area contributed by atoms with Gasteiger partial charge >= 0.3 is 0 Å². The number of aryl methyl sites for hydroxylation is 1. The average Bonchev–Trinajstić information content (AvgIpc) is 3.15. The van der Waals surface area contributed by atoms with Crippen LogP contribution in [0.3, 0.4) is 0 Å². The van der Waals surface area contributed by atoms with Gasteiger partial charge in [-0.05, 0) is 42.2 Å². The molecule has 0 bridgehead atoms. The lowest BCUT2D eigenvalue weighted by Gasteiger charge is -2.38. The summed E-state index contributed by atoms with van der Waals surface area (Å²) in [5.74, 6) is 0.756. The van der Waals surface area contributed by atoms with E-state index in [1.807, 2.05) is 24.1 Å². The van der Waals surface area contributed by atoms with Crippen LogP contribution in [0, 0.1) is 11.3 Å². The highest BCUT2D eigenvalue weighted by Crippen LogP contribution is 2.42. The summed E-state index contributed by atoms with van der Waals surface area (Å²) in [6.07, 6.45) is 14.6. The molecule has 126 valence electrons. The van der Waals surface area contributed by atoms with Gasteiger partial charge in [0, 0.05) is 42.2 Å². The van der Waals surface area contributed by atoms with Gasteiger partial charge in [-0.2, -0.15) is 5.10 Å². The van der Waals surface area contributed by atoms with E-state index in [1.54, 1.807) is 0 Å². The minimum absolute atomic E-state index is 0.442. The fourth-order valence-corrected chi connectivity index (χ4v) is 4.19. The molecule has 4 rings (SSSR count). The summed E-state index contributed by atoms with van der Waals surface area (Å²) >= 11 is 0. The molecule has 3 aromatic rings. The SMILES string of the molecule is Cn1cc(-c2c[nH]c3ncc(CC4CCCCC4(C)C)cc23)cn1. The quantitative estimate of drug-likeness (QED) is 0.758. The van der Waals surface area contributed by atoms with Gasteiger partial charge in [0.25, 0.3) is 0 Å². The van der Waals surface area contributed by atoms with E-state index in [9.17, 15) is 0 Å². The molecule has 4 nitrogen and oxygen atoms in total. The number of hydrogen-bond donors (Lipinski definition) is 1. The number of aromatic amines is 1. The zero-order valence-electron chi connectivity index (χ0n) is 14.8. The molecule has 1 aliphatic rings. The molecule has 24 heavy (non-hydrogen) atoms. The maximum atomic E-state index is 4.66. The van der Waals surface area contributed by atoms with E-state index in [0.717, 1.165) is 23.5 Å². The van der Waals surface area contributed by atoms with Crippen molar-refractivity contribution in [2.45, 2.75) is 46.0 Å². The fraction of sp³-hybridized carbons (Fsp3) is 0.500. The van der Waals surface area contributed by atoms with Crippen LogP contribution in [0.5, 0.6) is 0 Å². The predicted octanol–water partition coefficient (Wildman–Crippen LogP) is 4.72. The van der Waals surface area contributed by atoms with E-state index in [-0.39, 0.29) is 0 Å². The Kier molecular flexibility index (Phi) is 3.70. The standard InChI is InChI=1S/C20H26N4/c1-20(2)7-5-4-6-16(20)8-14-9-17-18(12-22-19(17)21-10-14)15-11-23-24(3)13-15/h9-13,16H,4-8H2,1-3H3,(H,21,22). The van der Waals surface area contributed by atoms with Gasteiger partial charge in [0.15, 0.2) is 0 Å². The summed E-state index contributed by atoms with van der Waals surface area (Å²) in [6.45, 7) is 4.86. The molecule has 4 heteroatoms. The Morgan fingerprint density at radius 1 is 1.29 bits per heavy atom. The second kappa shape index (κ2) is 5.76. The topological polar surface area (TPSA) is 46.5 Å². The van der Waals surface area contributed by atoms with Crippen LogP contribution >= 0.6 is 0 Å². The molecule has 0 amide bonds. The second-order valence-electron chi connectivity index (χ2n) is 7.98.